The number of nitrogens with zero attached hydrogens (tertiary/aromatic N) is 2. The second kappa shape index (κ2) is 7.19. The van der Waals surface area contributed by atoms with Gasteiger partial charge in [0, 0.05) is 39.1 Å². The lowest BCUT2D eigenvalue weighted by molar-refractivity contribution is -0.132. The summed E-state index contributed by atoms with van der Waals surface area (Å²) in [4.78, 5) is 13.6. The molecule has 1 fully saturated rings. The van der Waals surface area contributed by atoms with Crippen LogP contribution >= 0.6 is 27.3 Å². The third-order valence-corrected chi connectivity index (χ3v) is 7.31. The zero-order chi connectivity index (χ0) is 15.5. The van der Waals surface area contributed by atoms with Gasteiger partial charge in [0.05, 0.1) is 3.79 Å². The number of piperazine rings is 1. The van der Waals surface area contributed by atoms with Crippen molar-refractivity contribution in [2.45, 2.75) is 10.6 Å². The summed E-state index contributed by atoms with van der Waals surface area (Å²) in [5, 5.41) is 2.94. The lowest BCUT2D eigenvalue weighted by Gasteiger charge is -2.33. The van der Waals surface area contributed by atoms with Crippen molar-refractivity contribution >= 4 is 43.2 Å². The van der Waals surface area contributed by atoms with E-state index in [9.17, 15) is 13.2 Å². The molecule has 21 heavy (non-hydrogen) atoms. The van der Waals surface area contributed by atoms with Crippen molar-refractivity contribution in [1.29, 1.82) is 0 Å². The summed E-state index contributed by atoms with van der Waals surface area (Å²) >= 11 is 4.48. The number of nitrogens with one attached hydrogen (secondary N) is 1. The maximum absolute atomic E-state index is 12.5. The molecular formula is C12H18BrN3O3S2. The number of hydrogen-bond donors (Lipinski definition) is 1. The molecule has 0 unspecified atom stereocenters. The first-order valence-corrected chi connectivity index (χ1v) is 9.68. The van der Waals surface area contributed by atoms with Gasteiger partial charge >= 0.3 is 0 Å². The molecule has 0 bridgehead atoms. The molecule has 0 radical (unpaired) electrons. The number of hydrogen-bond acceptors (Lipinski definition) is 5. The monoisotopic (exact) mass is 395 g/mol. The van der Waals surface area contributed by atoms with Crippen LogP contribution in [0.4, 0.5) is 0 Å². The molecular weight excluding hydrogens is 378 g/mol. The smallest absolute Gasteiger partial charge is 0.252 e. The molecule has 0 saturated carbocycles. The van der Waals surface area contributed by atoms with Gasteiger partial charge in [0.25, 0.3) is 10.0 Å². The Morgan fingerprint density at radius 1 is 1.33 bits per heavy atom. The molecule has 1 aromatic rings. The second-order valence-corrected chi connectivity index (χ2v) is 9.32. The van der Waals surface area contributed by atoms with Gasteiger partial charge in [-0.25, -0.2) is 8.42 Å². The zero-order valence-electron chi connectivity index (χ0n) is 11.7. The van der Waals surface area contributed by atoms with Gasteiger partial charge in [0.15, 0.2) is 0 Å². The maximum atomic E-state index is 12.5. The highest BCUT2D eigenvalue weighted by molar-refractivity contribution is 9.11. The van der Waals surface area contributed by atoms with Crippen LogP contribution in [0.3, 0.4) is 0 Å². The highest BCUT2D eigenvalue weighted by atomic mass is 79.9. The summed E-state index contributed by atoms with van der Waals surface area (Å²) in [6.45, 7) is 2.25. The Morgan fingerprint density at radius 3 is 2.52 bits per heavy atom. The van der Waals surface area contributed by atoms with Crippen molar-refractivity contribution < 1.29 is 13.2 Å². The van der Waals surface area contributed by atoms with Crippen molar-refractivity contribution in [2.75, 3.05) is 39.8 Å². The number of rotatable bonds is 5. The van der Waals surface area contributed by atoms with E-state index >= 15 is 0 Å². The third-order valence-electron chi connectivity index (χ3n) is 3.32. The molecule has 1 amide bonds. The van der Waals surface area contributed by atoms with Gasteiger partial charge in [0.1, 0.15) is 4.21 Å². The van der Waals surface area contributed by atoms with Gasteiger partial charge in [-0.15, -0.1) is 11.3 Å². The quantitative estimate of drug-likeness (QED) is 0.805. The Balaban J connectivity index is 1.96. The molecule has 1 saturated heterocycles. The Kier molecular flexibility index (Phi) is 5.78. The summed E-state index contributed by atoms with van der Waals surface area (Å²) in [5.74, 6) is 0.0697. The van der Waals surface area contributed by atoms with E-state index in [-0.39, 0.29) is 5.91 Å². The SMILES string of the molecule is CNCCC(=O)N1CCN(S(=O)(=O)c2ccc(Br)s2)CC1. The van der Waals surface area contributed by atoms with Crippen LogP contribution in [0.25, 0.3) is 0 Å². The Labute approximate surface area is 137 Å². The summed E-state index contributed by atoms with van der Waals surface area (Å²) in [6.07, 6.45) is 0.446. The van der Waals surface area contributed by atoms with Crippen LogP contribution in [0.5, 0.6) is 0 Å². The fourth-order valence-corrected chi connectivity index (χ4v) is 5.72. The van der Waals surface area contributed by atoms with E-state index in [1.807, 2.05) is 0 Å². The lowest BCUT2D eigenvalue weighted by atomic mass is 10.3. The van der Waals surface area contributed by atoms with Crippen LogP contribution < -0.4 is 5.32 Å². The molecule has 2 heterocycles. The minimum absolute atomic E-state index is 0.0697. The van der Waals surface area contributed by atoms with E-state index in [1.54, 1.807) is 24.1 Å². The molecule has 0 aromatic carbocycles. The van der Waals surface area contributed by atoms with Crippen LogP contribution in [-0.4, -0.2) is 63.3 Å². The standard InChI is InChI=1S/C12H18BrN3O3S2/c1-14-5-4-11(17)15-6-8-16(9-7-15)21(18,19)12-3-2-10(13)20-12/h2-3,14H,4-9H2,1H3. The van der Waals surface area contributed by atoms with Crippen LogP contribution in [0.15, 0.2) is 20.1 Å². The Bertz CT molecular complexity index is 595. The van der Waals surface area contributed by atoms with E-state index in [1.165, 1.54) is 15.6 Å². The average Bonchev–Trinajstić information content (AvgIpc) is 2.92. The topological polar surface area (TPSA) is 69.7 Å². The van der Waals surface area contributed by atoms with Gasteiger partial charge < -0.3 is 10.2 Å². The molecule has 0 spiro atoms. The highest BCUT2D eigenvalue weighted by Gasteiger charge is 2.30. The summed E-state index contributed by atoms with van der Waals surface area (Å²) in [6, 6.07) is 3.34. The maximum Gasteiger partial charge on any atom is 0.252 e. The van der Waals surface area contributed by atoms with Crippen molar-refractivity contribution in [2.24, 2.45) is 0 Å². The molecule has 118 valence electrons. The highest BCUT2D eigenvalue weighted by Crippen LogP contribution is 2.28. The Morgan fingerprint density at radius 2 is 2.00 bits per heavy atom. The molecule has 0 atom stereocenters. The summed E-state index contributed by atoms with van der Waals surface area (Å²) < 4.78 is 27.5. The first-order valence-electron chi connectivity index (χ1n) is 6.63. The molecule has 6 nitrogen and oxygen atoms in total. The number of sulfonamides is 1. The van der Waals surface area contributed by atoms with Crippen LogP contribution in [0.1, 0.15) is 6.42 Å². The molecule has 1 N–H and O–H groups in total. The predicted molar refractivity (Wildman–Crippen MR) is 85.9 cm³/mol. The predicted octanol–water partition coefficient (Wildman–Crippen LogP) is 0.953. The van der Waals surface area contributed by atoms with Crippen molar-refractivity contribution in [1.82, 2.24) is 14.5 Å². The van der Waals surface area contributed by atoms with Gasteiger partial charge in [-0.3, -0.25) is 4.79 Å². The number of carbonyl (C=O) groups is 1. The summed E-state index contributed by atoms with van der Waals surface area (Å²) in [5.41, 5.74) is 0. The van der Waals surface area contributed by atoms with Crippen LogP contribution in [-0.2, 0) is 14.8 Å². The number of carbonyl (C=O) groups excluding carboxylic acids is 1. The number of amides is 1. The first kappa shape index (κ1) is 16.9. The largest absolute Gasteiger partial charge is 0.340 e. The van der Waals surface area contributed by atoms with Gasteiger partial charge in [-0.05, 0) is 35.1 Å². The van der Waals surface area contributed by atoms with Gasteiger partial charge in [0.2, 0.25) is 5.91 Å². The number of halogens is 1. The van der Waals surface area contributed by atoms with Gasteiger partial charge in [-0.2, -0.15) is 4.31 Å². The van der Waals surface area contributed by atoms with E-state index in [0.29, 0.717) is 43.4 Å². The Hall–Kier alpha value is -0.480. The molecule has 1 aromatic heterocycles. The lowest BCUT2D eigenvalue weighted by Crippen LogP contribution is -2.50. The molecule has 9 heteroatoms. The van der Waals surface area contributed by atoms with Crippen LogP contribution in [0, 0.1) is 0 Å². The first-order chi connectivity index (χ1) is 9.95. The third kappa shape index (κ3) is 4.04. The minimum atomic E-state index is -3.44. The minimum Gasteiger partial charge on any atom is -0.340 e. The van der Waals surface area contributed by atoms with E-state index in [2.05, 4.69) is 21.2 Å². The van der Waals surface area contributed by atoms with Crippen molar-refractivity contribution in [3.8, 4) is 0 Å². The molecule has 2 rings (SSSR count). The zero-order valence-corrected chi connectivity index (χ0v) is 14.9. The normalized spacial score (nSPS) is 17.1. The molecule has 1 aliphatic heterocycles. The van der Waals surface area contributed by atoms with Crippen molar-refractivity contribution in [3.63, 3.8) is 0 Å². The van der Waals surface area contributed by atoms with E-state index in [0.717, 1.165) is 3.79 Å². The average molecular weight is 396 g/mol. The summed E-state index contributed by atoms with van der Waals surface area (Å²) in [7, 11) is -1.63. The number of thiophene rings is 1. The molecule has 1 aliphatic rings. The fraction of sp³-hybridized carbons (Fsp3) is 0.583. The van der Waals surface area contributed by atoms with Gasteiger partial charge in [-0.1, -0.05) is 0 Å². The van der Waals surface area contributed by atoms with Crippen molar-refractivity contribution in [3.05, 3.63) is 15.9 Å². The second-order valence-electron chi connectivity index (χ2n) is 4.70. The van der Waals surface area contributed by atoms with E-state index < -0.39 is 10.0 Å². The molecule has 0 aliphatic carbocycles. The van der Waals surface area contributed by atoms with E-state index in [4.69, 9.17) is 0 Å². The fourth-order valence-electron chi connectivity index (χ4n) is 2.13. The van der Waals surface area contributed by atoms with Crippen LogP contribution in [0.2, 0.25) is 0 Å².